The fourth-order valence-corrected chi connectivity index (χ4v) is 6.90. The highest BCUT2D eigenvalue weighted by Gasteiger charge is 2.21. The van der Waals surface area contributed by atoms with Crippen LogP contribution >= 0.6 is 0 Å². The lowest BCUT2D eigenvalue weighted by Gasteiger charge is -2.16. The lowest BCUT2D eigenvalue weighted by Crippen LogP contribution is -2.05. The summed E-state index contributed by atoms with van der Waals surface area (Å²) in [6.45, 7) is 4.77. The molecule has 1 heterocycles. The maximum absolute atomic E-state index is 11.8. The lowest BCUT2D eigenvalue weighted by atomic mass is 10.1. The number of ether oxygens (including phenoxy) is 2. The van der Waals surface area contributed by atoms with E-state index in [1.54, 1.807) is 19.9 Å². The van der Waals surface area contributed by atoms with Gasteiger partial charge in [-0.1, -0.05) is 0 Å². The van der Waals surface area contributed by atoms with Crippen molar-refractivity contribution in [2.45, 2.75) is 35.5 Å². The second kappa shape index (κ2) is 16.4. The molecule has 0 amide bonds. The van der Waals surface area contributed by atoms with Crippen molar-refractivity contribution in [3.05, 3.63) is 95.1 Å². The van der Waals surface area contributed by atoms with Gasteiger partial charge < -0.3 is 20.1 Å². The first kappa shape index (κ1) is 41.8. The Kier molecular flexibility index (Phi) is 12.0. The number of rotatable bonds is 13. The van der Waals surface area contributed by atoms with Crippen LogP contribution in [0.3, 0.4) is 0 Å². The summed E-state index contributed by atoms with van der Waals surface area (Å²) in [5.41, 5.74) is 2.53. The third-order valence-electron chi connectivity index (χ3n) is 8.13. The molecule has 22 heteroatoms. The Morgan fingerprint density at radius 1 is 0.614 bits per heavy atom. The molecule has 0 aliphatic carbocycles. The molecule has 0 atom stereocenters. The molecule has 5 aromatic rings. The van der Waals surface area contributed by atoms with Crippen molar-refractivity contribution in [1.29, 1.82) is 5.26 Å². The molecule has 5 rings (SSSR count). The van der Waals surface area contributed by atoms with E-state index in [0.29, 0.717) is 22.6 Å². The largest absolute Gasteiger partial charge is 0.494 e. The highest BCUT2D eigenvalue weighted by Crippen LogP contribution is 2.41. The number of hydrogen-bond acceptors (Lipinski definition) is 16. The van der Waals surface area contributed by atoms with Gasteiger partial charge >= 0.3 is 0 Å². The Balaban J connectivity index is 1.57. The fourth-order valence-electron chi connectivity index (χ4n) is 5.22. The standard InChI is InChI=1S/C35H32N8O11S3/c1-19-14-28(30(53-4)16-27(19)40-41-29-15-20(2)32(57(50,51)52)17-31(29)54-5)42-43-33-21(3)26(18-36)34(37-22-6-10-24(11-7-22)55(44,45)46)39-35(33)38-23-8-12-25(13-9-23)56(47,48)49/h6-17H,1-5H3,(H2,37,38,39)(H,44,45,46)(H,47,48,49)(H,50,51,52)/b41-40+,43-42+. The molecule has 0 aliphatic heterocycles. The second-order valence-electron chi connectivity index (χ2n) is 12.0. The first-order valence-electron chi connectivity index (χ1n) is 16.1. The van der Waals surface area contributed by atoms with Gasteiger partial charge in [0.05, 0.1) is 35.3 Å². The van der Waals surface area contributed by atoms with Gasteiger partial charge in [-0.25, -0.2) is 4.98 Å². The first-order valence-corrected chi connectivity index (χ1v) is 20.4. The average Bonchev–Trinajstić information content (AvgIpc) is 3.13. The van der Waals surface area contributed by atoms with Crippen molar-refractivity contribution in [2.24, 2.45) is 20.5 Å². The number of pyridine rings is 1. The molecule has 4 aromatic carbocycles. The van der Waals surface area contributed by atoms with E-state index < -0.39 is 30.4 Å². The Morgan fingerprint density at radius 2 is 1.07 bits per heavy atom. The van der Waals surface area contributed by atoms with E-state index in [0.717, 1.165) is 30.3 Å². The van der Waals surface area contributed by atoms with Crippen molar-refractivity contribution in [2.75, 3.05) is 24.9 Å². The zero-order valence-electron chi connectivity index (χ0n) is 30.4. The Bertz CT molecular complexity index is 2830. The molecule has 0 bridgehead atoms. The normalized spacial score (nSPS) is 12.1. The summed E-state index contributed by atoms with van der Waals surface area (Å²) in [5.74, 6) is 0.310. The molecule has 19 nitrogen and oxygen atoms in total. The highest BCUT2D eigenvalue weighted by molar-refractivity contribution is 7.86. The topological polar surface area (TPSA) is 292 Å². The molecular weight excluding hydrogens is 805 g/mol. The molecule has 0 unspecified atom stereocenters. The Hall–Kier alpha value is -6.35. The molecular formula is C35H32N8O11S3. The minimum atomic E-state index is -4.52. The molecule has 0 fully saturated rings. The molecule has 0 aliphatic rings. The van der Waals surface area contributed by atoms with Gasteiger partial charge in [0.1, 0.15) is 39.5 Å². The van der Waals surface area contributed by atoms with Gasteiger partial charge in [-0.3, -0.25) is 13.7 Å². The number of nitrogens with zero attached hydrogens (tertiary/aromatic N) is 6. The van der Waals surface area contributed by atoms with Gasteiger partial charge in [0.2, 0.25) is 0 Å². The van der Waals surface area contributed by atoms with E-state index in [1.165, 1.54) is 57.5 Å². The van der Waals surface area contributed by atoms with Crippen LogP contribution in [-0.4, -0.2) is 58.1 Å². The van der Waals surface area contributed by atoms with Crippen LogP contribution in [0.2, 0.25) is 0 Å². The number of hydrogen-bond donors (Lipinski definition) is 5. The van der Waals surface area contributed by atoms with E-state index in [2.05, 4.69) is 42.1 Å². The zero-order chi connectivity index (χ0) is 41.9. The van der Waals surface area contributed by atoms with Crippen LogP contribution in [0.15, 0.2) is 108 Å². The molecule has 0 spiro atoms. The molecule has 57 heavy (non-hydrogen) atoms. The number of nitrogens with one attached hydrogen (secondary N) is 2. The molecule has 1 aromatic heterocycles. The first-order chi connectivity index (χ1) is 26.7. The van der Waals surface area contributed by atoms with Crippen LogP contribution in [0.5, 0.6) is 11.5 Å². The summed E-state index contributed by atoms with van der Waals surface area (Å²) in [6, 6.07) is 17.8. The maximum Gasteiger partial charge on any atom is 0.294 e. The molecule has 0 radical (unpaired) electrons. The smallest absolute Gasteiger partial charge is 0.294 e. The summed E-state index contributed by atoms with van der Waals surface area (Å²) < 4.78 is 109. The number of azo groups is 2. The van der Waals surface area contributed by atoms with Gasteiger partial charge in [-0.05, 0) is 92.6 Å². The third kappa shape index (κ3) is 9.73. The Labute approximate surface area is 327 Å². The summed E-state index contributed by atoms with van der Waals surface area (Å²) in [4.78, 5) is 3.51. The van der Waals surface area contributed by atoms with Crippen LogP contribution in [0.1, 0.15) is 22.3 Å². The van der Waals surface area contributed by atoms with Gasteiger partial charge in [0.15, 0.2) is 11.6 Å². The average molecular weight is 837 g/mol. The summed E-state index contributed by atoms with van der Waals surface area (Å²) in [7, 11) is -10.8. The van der Waals surface area contributed by atoms with E-state index in [-0.39, 0.29) is 71.6 Å². The van der Waals surface area contributed by atoms with Crippen LogP contribution < -0.4 is 20.1 Å². The minimum Gasteiger partial charge on any atom is -0.494 e. The monoisotopic (exact) mass is 836 g/mol. The van der Waals surface area contributed by atoms with E-state index in [4.69, 9.17) is 9.47 Å². The minimum absolute atomic E-state index is 0.0215. The molecule has 296 valence electrons. The highest BCUT2D eigenvalue weighted by atomic mass is 32.2. The van der Waals surface area contributed by atoms with Crippen molar-refractivity contribution >= 4 is 76.1 Å². The Morgan fingerprint density at radius 3 is 1.54 bits per heavy atom. The van der Waals surface area contributed by atoms with Crippen LogP contribution in [-0.2, 0) is 30.4 Å². The summed E-state index contributed by atoms with van der Waals surface area (Å²) >= 11 is 0. The van der Waals surface area contributed by atoms with E-state index in [9.17, 15) is 44.2 Å². The van der Waals surface area contributed by atoms with Crippen molar-refractivity contribution < 1.29 is 48.4 Å². The van der Waals surface area contributed by atoms with Crippen molar-refractivity contribution in [3.8, 4) is 17.6 Å². The molecule has 0 saturated carbocycles. The number of methoxy groups -OCH3 is 2. The van der Waals surface area contributed by atoms with Gasteiger partial charge in [-0.2, -0.15) is 35.6 Å². The predicted molar refractivity (Wildman–Crippen MR) is 206 cm³/mol. The second-order valence-corrected chi connectivity index (χ2v) is 16.2. The predicted octanol–water partition coefficient (Wildman–Crippen LogP) is 7.95. The SMILES string of the molecule is COc1cc(S(=O)(=O)O)c(C)cc1/N=N/c1cc(OC)c(/N=N/c2c(Nc3ccc(S(=O)(=O)O)cc3)nc(Nc3ccc(S(=O)(=O)O)cc3)c(C#N)c2C)cc1C. The number of nitriles is 1. The number of benzene rings is 4. The summed E-state index contributed by atoms with van der Waals surface area (Å²) in [5, 5.41) is 33.5. The number of aryl methyl sites for hydroxylation is 2. The zero-order valence-corrected chi connectivity index (χ0v) is 32.9. The molecule has 0 saturated heterocycles. The maximum atomic E-state index is 11.8. The fraction of sp³-hybridized carbons (Fsp3) is 0.143. The summed E-state index contributed by atoms with van der Waals surface area (Å²) in [6.07, 6.45) is 0. The number of aromatic nitrogens is 1. The van der Waals surface area contributed by atoms with Crippen molar-refractivity contribution in [1.82, 2.24) is 4.98 Å². The van der Waals surface area contributed by atoms with Crippen LogP contribution in [0, 0.1) is 32.1 Å². The van der Waals surface area contributed by atoms with Gasteiger partial charge in [0.25, 0.3) is 30.4 Å². The number of anilines is 4. The third-order valence-corrected chi connectivity index (χ3v) is 10.9. The van der Waals surface area contributed by atoms with E-state index in [1.807, 2.05) is 0 Å². The van der Waals surface area contributed by atoms with Crippen LogP contribution in [0.4, 0.5) is 45.8 Å². The lowest BCUT2D eigenvalue weighted by molar-refractivity contribution is 0.413. The van der Waals surface area contributed by atoms with Gasteiger partial charge in [0, 0.05) is 29.1 Å². The molecule has 5 N–H and O–H groups in total. The van der Waals surface area contributed by atoms with Crippen LogP contribution in [0.25, 0.3) is 0 Å². The quantitative estimate of drug-likeness (QED) is 0.0555. The van der Waals surface area contributed by atoms with Gasteiger partial charge in [-0.15, -0.1) is 15.3 Å². The van der Waals surface area contributed by atoms with E-state index >= 15 is 0 Å². The van der Waals surface area contributed by atoms with Crippen molar-refractivity contribution in [3.63, 3.8) is 0 Å².